The number of unbranched alkanes of at least 4 members (excludes halogenated alkanes) is 3. The Hall–Kier alpha value is -1.18. The van der Waals surface area contributed by atoms with Gasteiger partial charge in [-0.1, -0.05) is 57.9 Å². The van der Waals surface area contributed by atoms with Crippen molar-refractivity contribution in [2.24, 2.45) is 22.7 Å². The van der Waals surface area contributed by atoms with Crippen LogP contribution in [0.25, 0.3) is 0 Å². The molecule has 29 heavy (non-hydrogen) atoms. The van der Waals surface area contributed by atoms with Crippen LogP contribution in [0.2, 0.25) is 0 Å². The molecule has 1 aromatic carbocycles. The van der Waals surface area contributed by atoms with Crippen LogP contribution < -0.4 is 4.74 Å². The van der Waals surface area contributed by atoms with E-state index in [9.17, 15) is 0 Å². The average Bonchev–Trinajstić information content (AvgIpc) is 2.78. The van der Waals surface area contributed by atoms with Gasteiger partial charge in [-0.05, 0) is 92.1 Å². The van der Waals surface area contributed by atoms with E-state index < -0.39 is 0 Å². The molecule has 3 rings (SSSR count). The van der Waals surface area contributed by atoms with Gasteiger partial charge >= 0.3 is 0 Å². The first kappa shape index (κ1) is 22.5. The first-order valence-electron chi connectivity index (χ1n) is 12.0. The van der Waals surface area contributed by atoms with Gasteiger partial charge in [0.05, 0.1) is 12.3 Å². The number of isothiocyanates is 1. The molecule has 1 aromatic rings. The smallest absolute Gasteiger partial charge is 0.145 e. The monoisotopic (exact) mass is 413 g/mol. The fourth-order valence-electron chi connectivity index (χ4n) is 5.82. The summed E-state index contributed by atoms with van der Waals surface area (Å²) in [7, 11) is 1.71. The highest BCUT2D eigenvalue weighted by Crippen LogP contribution is 2.45. The van der Waals surface area contributed by atoms with Crippen LogP contribution in [0.4, 0.5) is 5.69 Å². The van der Waals surface area contributed by atoms with Crippen molar-refractivity contribution in [3.8, 4) is 5.75 Å². The SMILES string of the molecule is CCCCCCC1CCC(C2CCC(c3ccc(N=C=S)c(OC)c3)CC2)CC1. The van der Waals surface area contributed by atoms with E-state index >= 15 is 0 Å². The highest BCUT2D eigenvalue weighted by atomic mass is 32.1. The van der Waals surface area contributed by atoms with Gasteiger partial charge in [-0.3, -0.25) is 0 Å². The molecule has 0 N–H and O–H groups in total. The molecule has 0 aromatic heterocycles. The van der Waals surface area contributed by atoms with E-state index in [1.165, 1.54) is 89.0 Å². The van der Waals surface area contributed by atoms with Crippen LogP contribution in [-0.2, 0) is 0 Å². The minimum Gasteiger partial charge on any atom is -0.494 e. The van der Waals surface area contributed by atoms with Crippen molar-refractivity contribution >= 4 is 23.1 Å². The standard InChI is InChI=1S/C26H39NOS/c1-3-4-5-6-7-20-8-10-21(11-9-20)22-12-14-23(15-13-22)24-16-17-25(27-19-29)26(18-24)28-2/h16-18,20-23H,3-15H2,1-2H3. The Kier molecular flexibility index (Phi) is 9.21. The van der Waals surface area contributed by atoms with E-state index in [2.05, 4.69) is 29.2 Å². The maximum Gasteiger partial charge on any atom is 0.145 e. The van der Waals surface area contributed by atoms with Crippen LogP contribution in [0, 0.1) is 17.8 Å². The minimum absolute atomic E-state index is 0.667. The zero-order valence-corrected chi connectivity index (χ0v) is 19.3. The number of benzene rings is 1. The molecule has 0 heterocycles. The number of hydrogen-bond donors (Lipinski definition) is 0. The summed E-state index contributed by atoms with van der Waals surface area (Å²) in [6, 6.07) is 6.41. The van der Waals surface area contributed by atoms with Gasteiger partial charge in [0.25, 0.3) is 0 Å². The van der Waals surface area contributed by atoms with Gasteiger partial charge in [0.15, 0.2) is 0 Å². The molecule has 0 saturated heterocycles. The molecule has 3 heteroatoms. The summed E-state index contributed by atoms with van der Waals surface area (Å²) in [5, 5.41) is 2.45. The summed E-state index contributed by atoms with van der Waals surface area (Å²) in [6.45, 7) is 2.31. The Labute approximate surface area is 183 Å². The van der Waals surface area contributed by atoms with Gasteiger partial charge in [-0.25, -0.2) is 0 Å². The van der Waals surface area contributed by atoms with E-state index in [1.807, 2.05) is 6.07 Å². The van der Waals surface area contributed by atoms with Crippen LogP contribution in [0.1, 0.15) is 102 Å². The molecular formula is C26H39NOS. The quantitative estimate of drug-likeness (QED) is 0.230. The van der Waals surface area contributed by atoms with Gasteiger partial charge in [0.2, 0.25) is 0 Å². The lowest BCUT2D eigenvalue weighted by Crippen LogP contribution is -2.25. The second-order valence-corrected chi connectivity index (χ2v) is 9.56. The number of rotatable bonds is 9. The molecule has 0 bridgehead atoms. The molecular weight excluding hydrogens is 374 g/mol. The topological polar surface area (TPSA) is 21.6 Å². The minimum atomic E-state index is 0.667. The van der Waals surface area contributed by atoms with Crippen molar-refractivity contribution in [3.05, 3.63) is 23.8 Å². The normalized spacial score (nSPS) is 27.2. The van der Waals surface area contributed by atoms with Gasteiger partial charge in [0, 0.05) is 0 Å². The van der Waals surface area contributed by atoms with E-state index in [1.54, 1.807) is 7.11 Å². The highest BCUT2D eigenvalue weighted by Gasteiger charge is 2.31. The maximum absolute atomic E-state index is 5.52. The fourth-order valence-corrected chi connectivity index (χ4v) is 5.92. The maximum atomic E-state index is 5.52. The third kappa shape index (κ3) is 6.40. The Morgan fingerprint density at radius 1 is 0.966 bits per heavy atom. The molecule has 0 radical (unpaired) electrons. The van der Waals surface area contributed by atoms with Gasteiger partial charge < -0.3 is 4.74 Å². The Balaban J connectivity index is 1.45. The predicted octanol–water partition coefficient (Wildman–Crippen LogP) is 8.48. The number of nitrogens with zero attached hydrogens (tertiary/aromatic N) is 1. The predicted molar refractivity (Wildman–Crippen MR) is 127 cm³/mol. The molecule has 0 amide bonds. The van der Waals surface area contributed by atoms with Gasteiger partial charge in [0.1, 0.15) is 11.4 Å². The lowest BCUT2D eigenvalue weighted by Gasteiger charge is -2.38. The van der Waals surface area contributed by atoms with Gasteiger partial charge in [-0.2, -0.15) is 4.99 Å². The van der Waals surface area contributed by atoms with Crippen molar-refractivity contribution in [2.45, 2.75) is 96.3 Å². The van der Waals surface area contributed by atoms with Crippen LogP contribution in [0.15, 0.2) is 23.2 Å². The first-order chi connectivity index (χ1) is 14.2. The molecule has 0 spiro atoms. The summed E-state index contributed by atoms with van der Waals surface area (Å²) < 4.78 is 5.52. The largest absolute Gasteiger partial charge is 0.494 e. The molecule has 0 atom stereocenters. The lowest BCUT2D eigenvalue weighted by molar-refractivity contribution is 0.155. The first-order valence-corrected chi connectivity index (χ1v) is 12.4. The number of ether oxygens (including phenoxy) is 1. The average molecular weight is 414 g/mol. The highest BCUT2D eigenvalue weighted by molar-refractivity contribution is 7.78. The number of hydrogen-bond acceptors (Lipinski definition) is 3. The molecule has 2 aliphatic carbocycles. The number of aliphatic imine (C=N–C) groups is 1. The van der Waals surface area contributed by atoms with Crippen LogP contribution >= 0.6 is 12.2 Å². The summed E-state index contributed by atoms with van der Waals surface area (Å²) in [5.41, 5.74) is 2.19. The summed E-state index contributed by atoms with van der Waals surface area (Å²) in [6.07, 6.45) is 18.6. The van der Waals surface area contributed by atoms with Crippen molar-refractivity contribution in [2.75, 3.05) is 7.11 Å². The molecule has 160 valence electrons. The molecule has 2 aliphatic rings. The Bertz CT molecular complexity index is 665. The second-order valence-electron chi connectivity index (χ2n) is 9.38. The Morgan fingerprint density at radius 3 is 2.28 bits per heavy atom. The number of thiocarbonyl (C=S) groups is 1. The van der Waals surface area contributed by atoms with E-state index in [0.29, 0.717) is 5.92 Å². The van der Waals surface area contributed by atoms with Gasteiger partial charge in [-0.15, -0.1) is 0 Å². The van der Waals surface area contributed by atoms with Crippen molar-refractivity contribution < 1.29 is 4.74 Å². The summed E-state index contributed by atoms with van der Waals surface area (Å²) >= 11 is 4.74. The van der Waals surface area contributed by atoms with E-state index in [4.69, 9.17) is 17.0 Å². The van der Waals surface area contributed by atoms with E-state index in [0.717, 1.165) is 29.2 Å². The second kappa shape index (κ2) is 11.9. The van der Waals surface area contributed by atoms with Crippen molar-refractivity contribution in [3.63, 3.8) is 0 Å². The molecule has 0 unspecified atom stereocenters. The molecule has 0 aliphatic heterocycles. The summed E-state index contributed by atoms with van der Waals surface area (Å²) in [4.78, 5) is 4.11. The van der Waals surface area contributed by atoms with E-state index in [-0.39, 0.29) is 0 Å². The zero-order chi connectivity index (χ0) is 20.5. The third-order valence-corrected chi connectivity index (χ3v) is 7.73. The molecule has 2 fully saturated rings. The molecule has 2 saturated carbocycles. The van der Waals surface area contributed by atoms with Crippen LogP contribution in [-0.4, -0.2) is 12.3 Å². The lowest BCUT2D eigenvalue weighted by atomic mass is 9.68. The van der Waals surface area contributed by atoms with Crippen molar-refractivity contribution in [1.82, 2.24) is 0 Å². The van der Waals surface area contributed by atoms with Crippen LogP contribution in [0.3, 0.4) is 0 Å². The van der Waals surface area contributed by atoms with Crippen molar-refractivity contribution in [1.29, 1.82) is 0 Å². The Morgan fingerprint density at radius 2 is 1.66 bits per heavy atom. The fraction of sp³-hybridized carbons (Fsp3) is 0.731. The third-order valence-electron chi connectivity index (χ3n) is 7.64. The van der Waals surface area contributed by atoms with Crippen LogP contribution in [0.5, 0.6) is 5.75 Å². The summed E-state index contributed by atoms with van der Waals surface area (Å²) in [5.74, 6) is 4.48. The molecule has 2 nitrogen and oxygen atoms in total. The number of methoxy groups -OCH3 is 1. The zero-order valence-electron chi connectivity index (χ0n) is 18.5.